The van der Waals surface area contributed by atoms with Gasteiger partial charge in [0.05, 0.1) is 22.4 Å². The molecule has 1 amide bonds. The fourth-order valence-electron chi connectivity index (χ4n) is 2.55. The second kappa shape index (κ2) is 9.47. The van der Waals surface area contributed by atoms with Gasteiger partial charge in [-0.25, -0.2) is 4.98 Å². The molecule has 0 aliphatic rings. The van der Waals surface area contributed by atoms with E-state index in [0.717, 1.165) is 17.1 Å². The second-order valence-corrected chi connectivity index (χ2v) is 8.16. The Labute approximate surface area is 182 Å². The number of nitrogens with zero attached hydrogens (tertiary/aromatic N) is 4. The van der Waals surface area contributed by atoms with E-state index in [-0.39, 0.29) is 16.7 Å². The maximum absolute atomic E-state index is 12.6. The van der Waals surface area contributed by atoms with Crippen LogP contribution in [0.5, 0.6) is 5.75 Å². The topological polar surface area (TPSA) is 81.9 Å². The van der Waals surface area contributed by atoms with Crippen molar-refractivity contribution in [2.24, 2.45) is 0 Å². The minimum atomic E-state index is -0.443. The number of rotatable bonds is 7. The maximum Gasteiger partial charge on any atom is 0.238 e. The van der Waals surface area contributed by atoms with Gasteiger partial charge in [-0.1, -0.05) is 35.0 Å². The molecule has 3 rings (SSSR count). The van der Waals surface area contributed by atoms with E-state index in [2.05, 4.69) is 20.5 Å². The van der Waals surface area contributed by atoms with Crippen molar-refractivity contribution in [3.05, 3.63) is 46.6 Å². The highest BCUT2D eigenvalue weighted by Crippen LogP contribution is 2.29. The maximum atomic E-state index is 12.6. The van der Waals surface area contributed by atoms with Crippen molar-refractivity contribution in [3.63, 3.8) is 0 Å². The first kappa shape index (κ1) is 21.4. The summed E-state index contributed by atoms with van der Waals surface area (Å²) in [5.74, 6) is 1.52. The molecule has 2 aromatic heterocycles. The largest absolute Gasteiger partial charge is 0.497 e. The molecule has 2 heterocycles. The lowest BCUT2D eigenvalue weighted by molar-refractivity contribution is -0.115. The summed E-state index contributed by atoms with van der Waals surface area (Å²) in [6.07, 6.45) is 1.43. The number of carbonyl (C=O) groups excluding carboxylic acids is 1. The lowest BCUT2D eigenvalue weighted by atomic mass is 10.2. The number of halogens is 2. The summed E-state index contributed by atoms with van der Waals surface area (Å²) in [7, 11) is 1.62. The van der Waals surface area contributed by atoms with Gasteiger partial charge in [-0.15, -0.1) is 10.2 Å². The molecule has 3 aromatic rings. The smallest absolute Gasteiger partial charge is 0.238 e. The number of methoxy groups -OCH3 is 1. The number of pyridine rings is 1. The Bertz CT molecular complexity index is 1010. The fraction of sp³-hybridized carbons (Fsp3) is 0.263. The van der Waals surface area contributed by atoms with E-state index < -0.39 is 5.25 Å². The number of ether oxygens (including phenoxy) is 1. The molecule has 10 heteroatoms. The van der Waals surface area contributed by atoms with Gasteiger partial charge in [-0.3, -0.25) is 4.79 Å². The molecule has 1 N–H and O–H groups in total. The number of hydrogen-bond donors (Lipinski definition) is 1. The Kier molecular flexibility index (Phi) is 7.00. The number of benzene rings is 1. The van der Waals surface area contributed by atoms with Crippen LogP contribution in [-0.2, 0) is 11.3 Å². The zero-order valence-electron chi connectivity index (χ0n) is 16.0. The van der Waals surface area contributed by atoms with Crippen LogP contribution in [0.15, 0.2) is 41.7 Å². The quantitative estimate of drug-likeness (QED) is 0.519. The zero-order valence-corrected chi connectivity index (χ0v) is 18.3. The molecule has 0 spiro atoms. The predicted molar refractivity (Wildman–Crippen MR) is 116 cm³/mol. The third kappa shape index (κ3) is 5.01. The molecule has 1 unspecified atom stereocenters. The van der Waals surface area contributed by atoms with Crippen LogP contribution in [0.1, 0.15) is 13.8 Å². The molecule has 0 saturated heterocycles. The molecule has 0 aliphatic carbocycles. The fourth-order valence-corrected chi connectivity index (χ4v) is 3.89. The van der Waals surface area contributed by atoms with E-state index in [0.29, 0.717) is 16.7 Å². The van der Waals surface area contributed by atoms with Gasteiger partial charge in [0.2, 0.25) is 5.91 Å². The van der Waals surface area contributed by atoms with Gasteiger partial charge >= 0.3 is 0 Å². The summed E-state index contributed by atoms with van der Waals surface area (Å²) in [5.41, 5.74) is 0.918. The van der Waals surface area contributed by atoms with Crippen molar-refractivity contribution in [3.8, 4) is 17.1 Å². The van der Waals surface area contributed by atoms with Crippen LogP contribution in [0.25, 0.3) is 11.4 Å². The van der Waals surface area contributed by atoms with E-state index in [4.69, 9.17) is 27.9 Å². The van der Waals surface area contributed by atoms with Gasteiger partial charge < -0.3 is 14.6 Å². The summed E-state index contributed by atoms with van der Waals surface area (Å²) in [5, 5.41) is 12.2. The van der Waals surface area contributed by atoms with Crippen molar-refractivity contribution >= 4 is 46.7 Å². The van der Waals surface area contributed by atoms with Gasteiger partial charge in [0.15, 0.2) is 16.8 Å². The van der Waals surface area contributed by atoms with E-state index in [9.17, 15) is 4.79 Å². The summed E-state index contributed by atoms with van der Waals surface area (Å²) < 4.78 is 7.16. The molecule has 0 radical (unpaired) electrons. The molecule has 152 valence electrons. The molecule has 1 aromatic carbocycles. The number of carbonyl (C=O) groups is 1. The molecular weight excluding hydrogens is 433 g/mol. The van der Waals surface area contributed by atoms with E-state index >= 15 is 0 Å². The molecule has 0 bridgehead atoms. The lowest BCUT2D eigenvalue weighted by Gasteiger charge is -2.13. The third-order valence-electron chi connectivity index (χ3n) is 4.08. The molecule has 7 nitrogen and oxygen atoms in total. The number of thioether (sulfide) groups is 1. The SMILES string of the molecule is CCn1c(SC(C)C(=O)Nc2ncc(Cl)cc2Cl)nnc1-c1ccc(OC)cc1. The third-order valence-corrected chi connectivity index (χ3v) is 5.66. The van der Waals surface area contributed by atoms with Gasteiger partial charge in [0.1, 0.15) is 5.75 Å². The Morgan fingerprint density at radius 3 is 2.62 bits per heavy atom. The van der Waals surface area contributed by atoms with Gasteiger partial charge in [0, 0.05) is 18.3 Å². The average molecular weight is 452 g/mol. The van der Waals surface area contributed by atoms with Crippen molar-refractivity contribution in [2.75, 3.05) is 12.4 Å². The van der Waals surface area contributed by atoms with Gasteiger partial charge in [0.25, 0.3) is 0 Å². The molecule has 0 saturated carbocycles. The second-order valence-electron chi connectivity index (χ2n) is 6.01. The first-order chi connectivity index (χ1) is 13.9. The van der Waals surface area contributed by atoms with Crippen molar-refractivity contribution < 1.29 is 9.53 Å². The number of nitrogens with one attached hydrogen (secondary N) is 1. The van der Waals surface area contributed by atoms with Crippen LogP contribution < -0.4 is 10.1 Å². The monoisotopic (exact) mass is 451 g/mol. The predicted octanol–water partition coefficient (Wildman–Crippen LogP) is 4.79. The highest BCUT2D eigenvalue weighted by Gasteiger charge is 2.21. The molecule has 0 fully saturated rings. The van der Waals surface area contributed by atoms with Gasteiger partial charge in [-0.05, 0) is 44.2 Å². The van der Waals surface area contributed by atoms with Gasteiger partial charge in [-0.2, -0.15) is 0 Å². The Morgan fingerprint density at radius 1 is 1.28 bits per heavy atom. The highest BCUT2D eigenvalue weighted by atomic mass is 35.5. The lowest BCUT2D eigenvalue weighted by Crippen LogP contribution is -2.23. The zero-order chi connectivity index (χ0) is 21.0. The Balaban J connectivity index is 1.75. The first-order valence-corrected chi connectivity index (χ1v) is 10.4. The normalized spacial score (nSPS) is 11.9. The molecule has 1 atom stereocenters. The standard InChI is InChI=1S/C19H19Cl2N5O2S/c1-4-26-17(12-5-7-14(28-3)8-6-12)24-25-19(26)29-11(2)18(27)23-16-15(21)9-13(20)10-22-16/h5-11H,4H2,1-3H3,(H,22,23,27). The van der Waals surface area contributed by atoms with Crippen LogP contribution in [0.3, 0.4) is 0 Å². The van der Waals surface area contributed by atoms with E-state index in [1.54, 1.807) is 14.0 Å². The summed E-state index contributed by atoms with van der Waals surface area (Å²) in [6.45, 7) is 4.45. The highest BCUT2D eigenvalue weighted by molar-refractivity contribution is 8.00. The summed E-state index contributed by atoms with van der Waals surface area (Å²) in [4.78, 5) is 16.6. The number of aromatic nitrogens is 4. The number of anilines is 1. The van der Waals surface area contributed by atoms with E-state index in [1.165, 1.54) is 24.0 Å². The molecular formula is C19H19Cl2N5O2S. The van der Waals surface area contributed by atoms with Crippen LogP contribution in [0.4, 0.5) is 5.82 Å². The minimum Gasteiger partial charge on any atom is -0.497 e. The van der Waals surface area contributed by atoms with Crippen molar-refractivity contribution in [2.45, 2.75) is 30.8 Å². The van der Waals surface area contributed by atoms with Crippen LogP contribution >= 0.6 is 35.0 Å². The van der Waals surface area contributed by atoms with Crippen LogP contribution in [-0.4, -0.2) is 38.0 Å². The number of hydrogen-bond acceptors (Lipinski definition) is 6. The first-order valence-electron chi connectivity index (χ1n) is 8.79. The number of amides is 1. The summed E-state index contributed by atoms with van der Waals surface area (Å²) >= 11 is 13.2. The van der Waals surface area contributed by atoms with Crippen molar-refractivity contribution in [1.82, 2.24) is 19.7 Å². The van der Waals surface area contributed by atoms with Crippen LogP contribution in [0, 0.1) is 0 Å². The average Bonchev–Trinajstić information content (AvgIpc) is 3.12. The Morgan fingerprint density at radius 2 is 2.00 bits per heavy atom. The van der Waals surface area contributed by atoms with Crippen molar-refractivity contribution in [1.29, 1.82) is 0 Å². The summed E-state index contributed by atoms with van der Waals surface area (Å²) in [6, 6.07) is 9.12. The minimum absolute atomic E-state index is 0.247. The van der Waals surface area contributed by atoms with Crippen LogP contribution in [0.2, 0.25) is 10.0 Å². The van der Waals surface area contributed by atoms with E-state index in [1.807, 2.05) is 35.8 Å². The molecule has 29 heavy (non-hydrogen) atoms. The Hall–Kier alpha value is -2.29. The molecule has 0 aliphatic heterocycles.